The van der Waals surface area contributed by atoms with Crippen molar-refractivity contribution >= 4 is 17.4 Å². The van der Waals surface area contributed by atoms with Crippen LogP contribution in [-0.2, 0) is 6.54 Å². The molecule has 3 aromatic rings. The second kappa shape index (κ2) is 6.96. The highest BCUT2D eigenvalue weighted by molar-refractivity contribution is 6.30. The zero-order valence-corrected chi connectivity index (χ0v) is 16.4. The zero-order chi connectivity index (χ0) is 20.0. The van der Waals surface area contributed by atoms with Crippen LogP contribution in [0.4, 0.5) is 10.2 Å². The van der Waals surface area contributed by atoms with Gasteiger partial charge in [0.1, 0.15) is 5.82 Å². The lowest BCUT2D eigenvalue weighted by molar-refractivity contribution is 0.170. The summed E-state index contributed by atoms with van der Waals surface area (Å²) in [7, 11) is 0. The molecule has 5 rings (SSSR count). The summed E-state index contributed by atoms with van der Waals surface area (Å²) in [5, 5.41) is 4.69. The van der Waals surface area contributed by atoms with Crippen LogP contribution in [0.5, 0.6) is 11.6 Å². The Morgan fingerprint density at radius 3 is 2.69 bits per heavy atom. The topological polar surface area (TPSA) is 82.1 Å². The van der Waals surface area contributed by atoms with Gasteiger partial charge >= 0.3 is 0 Å². The van der Waals surface area contributed by atoms with Gasteiger partial charge in [0.25, 0.3) is 0 Å². The Morgan fingerprint density at radius 2 is 2.00 bits per heavy atom. The monoisotopic (exact) mass is 414 g/mol. The second-order valence-corrected chi connectivity index (χ2v) is 8.07. The van der Waals surface area contributed by atoms with Crippen molar-refractivity contribution in [3.05, 3.63) is 59.4 Å². The van der Waals surface area contributed by atoms with Gasteiger partial charge in [-0.05, 0) is 37.1 Å². The normalized spacial score (nSPS) is 20.1. The third kappa shape index (κ3) is 3.22. The summed E-state index contributed by atoms with van der Waals surface area (Å²) < 4.78 is 21.4. The van der Waals surface area contributed by atoms with E-state index in [4.69, 9.17) is 22.1 Å². The first kappa shape index (κ1) is 18.3. The first-order chi connectivity index (χ1) is 14.0. The van der Waals surface area contributed by atoms with Crippen molar-refractivity contribution in [2.45, 2.75) is 25.4 Å². The first-order valence-electron chi connectivity index (χ1n) is 9.51. The Bertz CT molecular complexity index is 1030. The van der Waals surface area contributed by atoms with Gasteiger partial charge in [-0.3, -0.25) is 4.68 Å². The van der Waals surface area contributed by atoms with E-state index in [1.807, 2.05) is 16.9 Å². The molecule has 1 aromatic carbocycles. The Labute approximate surface area is 172 Å². The number of ether oxygens (including phenoxy) is 1. The minimum atomic E-state index is -0.544. The highest BCUT2D eigenvalue weighted by Gasteiger charge is 2.46. The first-order valence-corrected chi connectivity index (χ1v) is 9.89. The number of benzene rings is 1. The SMILES string of the molecule is N[C@@H]1c2ccnn2CC12CCN(c1cnc(Oc3ccc(Cl)cc3F)cn1)CC2. The van der Waals surface area contributed by atoms with Gasteiger partial charge in [-0.2, -0.15) is 5.10 Å². The predicted octanol–water partition coefficient (Wildman–Crippen LogP) is 3.56. The zero-order valence-electron chi connectivity index (χ0n) is 15.6. The minimum absolute atomic E-state index is 0.0169. The molecule has 150 valence electrons. The number of hydrogen-bond donors (Lipinski definition) is 1. The van der Waals surface area contributed by atoms with Gasteiger partial charge in [-0.25, -0.2) is 14.4 Å². The van der Waals surface area contributed by atoms with Crippen molar-refractivity contribution in [2.75, 3.05) is 18.0 Å². The van der Waals surface area contributed by atoms with Crippen molar-refractivity contribution in [1.29, 1.82) is 0 Å². The summed E-state index contributed by atoms with van der Waals surface area (Å²) in [6, 6.07) is 6.25. The van der Waals surface area contributed by atoms with E-state index in [1.54, 1.807) is 12.3 Å². The van der Waals surface area contributed by atoms with Crippen molar-refractivity contribution in [3.63, 3.8) is 0 Å². The average molecular weight is 415 g/mol. The standard InChI is InChI=1S/C20H20ClFN6O/c21-13-1-2-16(14(22)9-13)29-18-11-24-17(10-25-18)27-7-4-20(5-8-27)12-28-15(19(20)23)3-6-26-28/h1-3,6,9-11,19H,4-5,7-8,12,23H2/t19-/m1/s1. The maximum atomic E-state index is 13.9. The maximum Gasteiger partial charge on any atom is 0.238 e. The van der Waals surface area contributed by atoms with E-state index in [0.717, 1.165) is 44.0 Å². The molecule has 29 heavy (non-hydrogen) atoms. The number of piperidine rings is 1. The van der Waals surface area contributed by atoms with E-state index < -0.39 is 5.82 Å². The van der Waals surface area contributed by atoms with Gasteiger partial charge in [0.15, 0.2) is 11.6 Å². The lowest BCUT2D eigenvalue weighted by atomic mass is 9.73. The van der Waals surface area contributed by atoms with Crippen LogP contribution in [-0.4, -0.2) is 32.8 Å². The average Bonchev–Trinajstić information content (AvgIpc) is 3.27. The molecule has 1 fully saturated rings. The second-order valence-electron chi connectivity index (χ2n) is 7.63. The third-order valence-electron chi connectivity index (χ3n) is 6.00. The molecule has 0 saturated carbocycles. The number of anilines is 1. The van der Waals surface area contributed by atoms with Crippen LogP contribution in [0.25, 0.3) is 0 Å². The summed E-state index contributed by atoms with van der Waals surface area (Å²) in [4.78, 5) is 10.9. The summed E-state index contributed by atoms with van der Waals surface area (Å²) in [5.41, 5.74) is 7.71. The molecule has 0 amide bonds. The molecule has 0 bridgehead atoms. The van der Waals surface area contributed by atoms with Crippen LogP contribution in [0.3, 0.4) is 0 Å². The predicted molar refractivity (Wildman–Crippen MR) is 107 cm³/mol. The number of nitrogens with two attached hydrogens (primary N) is 1. The molecule has 0 radical (unpaired) electrons. The molecule has 0 unspecified atom stereocenters. The quantitative estimate of drug-likeness (QED) is 0.705. The molecule has 2 aromatic heterocycles. The molecule has 2 aliphatic rings. The lowest BCUT2D eigenvalue weighted by Gasteiger charge is -2.41. The molecule has 0 aliphatic carbocycles. The molecule has 4 heterocycles. The van der Waals surface area contributed by atoms with E-state index in [9.17, 15) is 4.39 Å². The molecule has 2 aliphatic heterocycles. The van der Waals surface area contributed by atoms with Crippen molar-refractivity contribution < 1.29 is 9.13 Å². The number of halogens is 2. The van der Waals surface area contributed by atoms with Gasteiger partial charge in [-0.1, -0.05) is 11.6 Å². The molecule has 1 spiro atoms. The Morgan fingerprint density at radius 1 is 1.17 bits per heavy atom. The lowest BCUT2D eigenvalue weighted by Crippen LogP contribution is -2.45. The maximum absolute atomic E-state index is 13.9. The van der Waals surface area contributed by atoms with Gasteiger partial charge in [0.05, 0.1) is 24.1 Å². The van der Waals surface area contributed by atoms with Gasteiger partial charge < -0.3 is 15.4 Å². The molecular weight excluding hydrogens is 395 g/mol. The molecule has 9 heteroatoms. The van der Waals surface area contributed by atoms with E-state index in [1.165, 1.54) is 18.3 Å². The Hall–Kier alpha value is -2.71. The van der Waals surface area contributed by atoms with Crippen LogP contribution in [0.15, 0.2) is 42.9 Å². The molecular formula is C20H20ClFN6O. The summed E-state index contributed by atoms with van der Waals surface area (Å²) in [5.74, 6) is 0.515. The fourth-order valence-electron chi connectivity index (χ4n) is 4.30. The summed E-state index contributed by atoms with van der Waals surface area (Å²) >= 11 is 5.76. The molecule has 1 saturated heterocycles. The fraction of sp³-hybridized carbons (Fsp3) is 0.350. The molecule has 1 atom stereocenters. The van der Waals surface area contributed by atoms with Crippen molar-refractivity contribution in [1.82, 2.24) is 19.7 Å². The van der Waals surface area contributed by atoms with Crippen molar-refractivity contribution in [3.8, 4) is 11.6 Å². The van der Waals surface area contributed by atoms with E-state index >= 15 is 0 Å². The van der Waals surface area contributed by atoms with E-state index in [0.29, 0.717) is 5.02 Å². The highest BCUT2D eigenvalue weighted by Crippen LogP contribution is 2.47. The van der Waals surface area contributed by atoms with Crippen LogP contribution < -0.4 is 15.4 Å². The Balaban J connectivity index is 1.24. The number of fused-ring (bicyclic) bond motifs is 1. The van der Waals surface area contributed by atoms with Crippen LogP contribution in [0, 0.1) is 11.2 Å². The van der Waals surface area contributed by atoms with Crippen LogP contribution >= 0.6 is 11.6 Å². The van der Waals surface area contributed by atoms with Gasteiger partial charge in [0.2, 0.25) is 5.88 Å². The van der Waals surface area contributed by atoms with Crippen LogP contribution in [0.2, 0.25) is 5.02 Å². The highest BCUT2D eigenvalue weighted by atomic mass is 35.5. The third-order valence-corrected chi connectivity index (χ3v) is 6.23. The smallest absolute Gasteiger partial charge is 0.238 e. The fourth-order valence-corrected chi connectivity index (χ4v) is 4.45. The number of aromatic nitrogens is 4. The van der Waals surface area contributed by atoms with Gasteiger partial charge in [0, 0.05) is 36.3 Å². The molecule has 7 nitrogen and oxygen atoms in total. The van der Waals surface area contributed by atoms with E-state index in [-0.39, 0.29) is 23.1 Å². The number of nitrogens with zero attached hydrogens (tertiary/aromatic N) is 5. The summed E-state index contributed by atoms with van der Waals surface area (Å²) in [6.45, 7) is 2.56. The number of rotatable bonds is 3. The largest absolute Gasteiger partial charge is 0.434 e. The number of hydrogen-bond acceptors (Lipinski definition) is 6. The van der Waals surface area contributed by atoms with Crippen LogP contribution in [0.1, 0.15) is 24.6 Å². The minimum Gasteiger partial charge on any atom is -0.434 e. The van der Waals surface area contributed by atoms with E-state index in [2.05, 4.69) is 20.0 Å². The summed E-state index contributed by atoms with van der Waals surface area (Å²) in [6.07, 6.45) is 6.90. The van der Waals surface area contributed by atoms with Crippen molar-refractivity contribution in [2.24, 2.45) is 11.1 Å². The van der Waals surface area contributed by atoms with Gasteiger partial charge in [-0.15, -0.1) is 0 Å². The Kier molecular flexibility index (Phi) is 4.40. The molecule has 2 N–H and O–H groups in total.